The fraction of sp³-hybridized carbons (Fsp3) is 0.292. The SMILES string of the molecule is CCOC(=O)[C@H](NC(=O)[C@H](CCCCNC(=O)OCc1ccccc1)NC(=O)c1cc(OCc2ccccc2)c(OCc2ccccc2)c(OCc2ccccc2)c1)[C@H](C)O. The molecule has 0 heterocycles. The summed E-state index contributed by atoms with van der Waals surface area (Å²) in [5, 5.41) is 18.5. The second-order valence-electron chi connectivity index (χ2n) is 14.1. The Morgan fingerprint density at radius 1 is 0.607 bits per heavy atom. The Bertz CT molecular complexity index is 2060. The quantitative estimate of drug-likeness (QED) is 0.0395. The van der Waals surface area contributed by atoms with Gasteiger partial charge in [0.25, 0.3) is 5.91 Å². The number of aliphatic hydroxyl groups excluding tert-OH is 1. The van der Waals surface area contributed by atoms with Gasteiger partial charge in [0.1, 0.15) is 32.5 Å². The summed E-state index contributed by atoms with van der Waals surface area (Å²) < 4.78 is 29.4. The smallest absolute Gasteiger partial charge is 0.407 e. The molecule has 5 aromatic rings. The predicted octanol–water partition coefficient (Wildman–Crippen LogP) is 7.05. The van der Waals surface area contributed by atoms with E-state index in [9.17, 15) is 24.3 Å². The highest BCUT2D eigenvalue weighted by Crippen LogP contribution is 2.40. The van der Waals surface area contributed by atoms with Crippen LogP contribution in [-0.4, -0.2) is 60.3 Å². The van der Waals surface area contributed by atoms with Crippen LogP contribution in [0.5, 0.6) is 17.2 Å². The zero-order chi connectivity index (χ0) is 43.2. The lowest BCUT2D eigenvalue weighted by Gasteiger charge is -2.24. The summed E-state index contributed by atoms with van der Waals surface area (Å²) in [6.45, 7) is 3.84. The average molecular weight is 832 g/mol. The van der Waals surface area contributed by atoms with Crippen molar-refractivity contribution in [1.29, 1.82) is 0 Å². The maximum Gasteiger partial charge on any atom is 0.407 e. The Balaban J connectivity index is 1.38. The molecular weight excluding hydrogens is 779 g/mol. The van der Waals surface area contributed by atoms with Gasteiger partial charge in [-0.15, -0.1) is 0 Å². The van der Waals surface area contributed by atoms with Gasteiger partial charge in [-0.05, 0) is 67.5 Å². The highest BCUT2D eigenvalue weighted by molar-refractivity contribution is 5.99. The van der Waals surface area contributed by atoms with E-state index >= 15 is 0 Å². The zero-order valence-corrected chi connectivity index (χ0v) is 34.4. The van der Waals surface area contributed by atoms with Gasteiger partial charge >= 0.3 is 12.1 Å². The number of esters is 1. The van der Waals surface area contributed by atoms with Crippen molar-refractivity contribution in [1.82, 2.24) is 16.0 Å². The van der Waals surface area contributed by atoms with Crippen molar-refractivity contribution in [3.63, 3.8) is 0 Å². The minimum Gasteiger partial charge on any atom is -0.485 e. The summed E-state index contributed by atoms with van der Waals surface area (Å²) in [5.41, 5.74) is 3.61. The molecule has 13 heteroatoms. The number of benzene rings is 5. The van der Waals surface area contributed by atoms with Crippen molar-refractivity contribution in [2.75, 3.05) is 13.2 Å². The van der Waals surface area contributed by atoms with Crippen molar-refractivity contribution in [2.45, 2.75) is 77.7 Å². The van der Waals surface area contributed by atoms with E-state index in [1.807, 2.05) is 121 Å². The topological polar surface area (TPSA) is 171 Å². The molecule has 0 aliphatic carbocycles. The third-order valence-electron chi connectivity index (χ3n) is 9.33. The molecule has 0 saturated heterocycles. The van der Waals surface area contributed by atoms with Crippen LogP contribution in [0.15, 0.2) is 133 Å². The lowest BCUT2D eigenvalue weighted by Crippen LogP contribution is -2.55. The normalized spacial score (nSPS) is 12.2. The van der Waals surface area contributed by atoms with Crippen molar-refractivity contribution < 1.29 is 48.0 Å². The maximum atomic E-state index is 14.3. The molecule has 0 radical (unpaired) electrons. The summed E-state index contributed by atoms with van der Waals surface area (Å²) in [5.74, 6) is -1.43. The van der Waals surface area contributed by atoms with E-state index in [-0.39, 0.29) is 68.8 Å². The van der Waals surface area contributed by atoms with Crippen LogP contribution >= 0.6 is 0 Å². The Hall–Kier alpha value is -6.86. The van der Waals surface area contributed by atoms with Gasteiger partial charge in [-0.2, -0.15) is 0 Å². The fourth-order valence-corrected chi connectivity index (χ4v) is 6.08. The number of carbonyl (C=O) groups excluding carboxylic acids is 4. The summed E-state index contributed by atoms with van der Waals surface area (Å²) in [6.07, 6.45) is -0.963. The Kier molecular flexibility index (Phi) is 18.0. The zero-order valence-electron chi connectivity index (χ0n) is 34.4. The Morgan fingerprint density at radius 2 is 1.08 bits per heavy atom. The predicted molar refractivity (Wildman–Crippen MR) is 229 cm³/mol. The molecule has 0 spiro atoms. The number of amides is 3. The molecule has 3 atom stereocenters. The van der Waals surface area contributed by atoms with Crippen LogP contribution in [0.3, 0.4) is 0 Å². The molecule has 0 aliphatic heterocycles. The third kappa shape index (κ3) is 15.0. The third-order valence-corrected chi connectivity index (χ3v) is 9.33. The van der Waals surface area contributed by atoms with Crippen LogP contribution < -0.4 is 30.2 Å². The Morgan fingerprint density at radius 3 is 1.56 bits per heavy atom. The lowest BCUT2D eigenvalue weighted by molar-refractivity contribution is -0.150. The molecule has 0 fully saturated rings. The van der Waals surface area contributed by atoms with Gasteiger partial charge in [-0.1, -0.05) is 121 Å². The van der Waals surface area contributed by atoms with Gasteiger partial charge in [0, 0.05) is 12.1 Å². The van der Waals surface area contributed by atoms with Crippen LogP contribution in [0, 0.1) is 0 Å². The summed E-state index contributed by atoms with van der Waals surface area (Å²) in [7, 11) is 0. The van der Waals surface area contributed by atoms with Gasteiger partial charge in [0.2, 0.25) is 11.7 Å². The first-order valence-corrected chi connectivity index (χ1v) is 20.3. The van der Waals surface area contributed by atoms with Crippen LogP contribution in [0.25, 0.3) is 0 Å². The first-order valence-electron chi connectivity index (χ1n) is 20.3. The molecule has 0 saturated carbocycles. The largest absolute Gasteiger partial charge is 0.485 e. The van der Waals surface area contributed by atoms with E-state index in [1.54, 1.807) is 6.92 Å². The molecule has 0 unspecified atom stereocenters. The molecule has 3 amide bonds. The molecule has 5 aromatic carbocycles. The molecule has 13 nitrogen and oxygen atoms in total. The number of ether oxygens (including phenoxy) is 5. The van der Waals surface area contributed by atoms with E-state index in [0.29, 0.717) is 12.8 Å². The highest BCUT2D eigenvalue weighted by atomic mass is 16.6. The summed E-state index contributed by atoms with van der Waals surface area (Å²) in [4.78, 5) is 53.1. The number of alkyl carbamates (subject to hydrolysis) is 1. The molecule has 320 valence electrons. The second-order valence-corrected chi connectivity index (χ2v) is 14.1. The van der Waals surface area contributed by atoms with E-state index < -0.39 is 42.1 Å². The second kappa shape index (κ2) is 24.3. The van der Waals surface area contributed by atoms with Crippen molar-refractivity contribution in [2.24, 2.45) is 0 Å². The number of unbranched alkanes of at least 4 members (excludes halogenated alkanes) is 1. The van der Waals surface area contributed by atoms with Crippen LogP contribution in [0.4, 0.5) is 4.79 Å². The van der Waals surface area contributed by atoms with Gasteiger partial charge < -0.3 is 44.7 Å². The van der Waals surface area contributed by atoms with E-state index in [2.05, 4.69) is 16.0 Å². The van der Waals surface area contributed by atoms with E-state index in [1.165, 1.54) is 19.1 Å². The number of rotatable bonds is 23. The summed E-state index contributed by atoms with van der Waals surface area (Å²) in [6, 6.07) is 38.4. The lowest BCUT2D eigenvalue weighted by atomic mass is 10.1. The minimum atomic E-state index is -1.38. The summed E-state index contributed by atoms with van der Waals surface area (Å²) >= 11 is 0. The van der Waals surface area contributed by atoms with Crippen molar-refractivity contribution >= 4 is 23.9 Å². The molecule has 4 N–H and O–H groups in total. The van der Waals surface area contributed by atoms with Gasteiger partial charge in [0.15, 0.2) is 17.5 Å². The molecule has 5 rings (SSSR count). The standard InChI is InChI=1S/C48H53N3O10/c1-3-57-47(55)43(34(2)52)51-46(54)40(26-16-17-27-49-48(56)61-33-38-24-14-7-15-25-38)50-45(53)39-28-41(58-30-35-18-8-4-9-19-35)44(60-32-37-22-12-6-13-23-37)42(29-39)59-31-36-20-10-5-11-21-36/h4-15,18-25,28-29,34,40,43,52H,3,16-17,26-27,30-33H2,1-2H3,(H,49,56)(H,50,53)(H,51,54)/t34-,40-,43+/m0/s1. The number of hydrogen-bond donors (Lipinski definition) is 4. The van der Waals surface area contributed by atoms with Gasteiger partial charge in [0.05, 0.1) is 12.7 Å². The van der Waals surface area contributed by atoms with Gasteiger partial charge in [-0.3, -0.25) is 9.59 Å². The minimum absolute atomic E-state index is 0.0350. The van der Waals surface area contributed by atoms with Crippen molar-refractivity contribution in [3.05, 3.63) is 161 Å². The number of carbonyl (C=O) groups is 4. The van der Waals surface area contributed by atoms with Crippen LogP contribution in [-0.2, 0) is 45.5 Å². The monoisotopic (exact) mass is 831 g/mol. The average Bonchev–Trinajstić information content (AvgIpc) is 3.28. The molecule has 61 heavy (non-hydrogen) atoms. The Labute approximate surface area is 356 Å². The number of hydrogen-bond acceptors (Lipinski definition) is 10. The van der Waals surface area contributed by atoms with Crippen molar-refractivity contribution in [3.8, 4) is 17.2 Å². The maximum absolute atomic E-state index is 14.3. The van der Waals surface area contributed by atoms with E-state index in [0.717, 1.165) is 22.3 Å². The molecule has 0 aliphatic rings. The van der Waals surface area contributed by atoms with Gasteiger partial charge in [-0.25, -0.2) is 9.59 Å². The number of aliphatic hydroxyl groups is 1. The molecule has 0 aromatic heterocycles. The van der Waals surface area contributed by atoms with Crippen LogP contribution in [0.2, 0.25) is 0 Å². The highest BCUT2D eigenvalue weighted by Gasteiger charge is 2.31. The fourth-order valence-electron chi connectivity index (χ4n) is 6.08. The first kappa shape index (κ1) is 45.2. The van der Waals surface area contributed by atoms with Crippen LogP contribution in [0.1, 0.15) is 65.7 Å². The first-order chi connectivity index (χ1) is 29.7. The molecule has 0 bridgehead atoms. The molecular formula is C48H53N3O10. The van der Waals surface area contributed by atoms with E-state index in [4.69, 9.17) is 23.7 Å². The number of nitrogens with one attached hydrogen (secondary N) is 3.